The van der Waals surface area contributed by atoms with Gasteiger partial charge in [0.15, 0.2) is 0 Å². The third-order valence-electron chi connectivity index (χ3n) is 3.44. The van der Waals surface area contributed by atoms with E-state index in [1.165, 1.54) is 18.4 Å². The van der Waals surface area contributed by atoms with Gasteiger partial charge in [-0.05, 0) is 19.4 Å². The van der Waals surface area contributed by atoms with E-state index >= 15 is 0 Å². The summed E-state index contributed by atoms with van der Waals surface area (Å²) in [5.74, 6) is 1.32. The molecule has 1 saturated heterocycles. The molecule has 0 bridgehead atoms. The van der Waals surface area contributed by atoms with Crippen LogP contribution in [0, 0.1) is 0 Å². The zero-order chi connectivity index (χ0) is 13.0. The largest absolute Gasteiger partial charge is 0.380 e. The molecular weight excluding hydrogens is 226 g/mol. The van der Waals surface area contributed by atoms with Crippen molar-refractivity contribution in [3.05, 3.63) is 23.8 Å². The van der Waals surface area contributed by atoms with Gasteiger partial charge in [0.2, 0.25) is 0 Å². The van der Waals surface area contributed by atoms with Crippen LogP contribution in [0.5, 0.6) is 0 Å². The first-order valence-corrected chi connectivity index (χ1v) is 6.75. The highest BCUT2D eigenvalue weighted by Gasteiger charge is 2.19. The van der Waals surface area contributed by atoms with Crippen molar-refractivity contribution >= 4 is 0 Å². The molecule has 4 nitrogen and oxygen atoms in total. The molecule has 0 aromatic carbocycles. The van der Waals surface area contributed by atoms with Crippen molar-refractivity contribution in [1.82, 2.24) is 14.9 Å². The molecule has 0 aliphatic carbocycles. The zero-order valence-electron chi connectivity index (χ0n) is 11.6. The minimum Gasteiger partial charge on any atom is -0.380 e. The van der Waals surface area contributed by atoms with Gasteiger partial charge < -0.3 is 4.74 Å². The quantitative estimate of drug-likeness (QED) is 0.820. The van der Waals surface area contributed by atoms with Crippen LogP contribution in [0.1, 0.15) is 44.0 Å². The number of hydrogen-bond donors (Lipinski definition) is 0. The van der Waals surface area contributed by atoms with Crippen LogP contribution in [0.2, 0.25) is 0 Å². The molecule has 0 N–H and O–H groups in total. The van der Waals surface area contributed by atoms with Gasteiger partial charge in [0.1, 0.15) is 5.82 Å². The minimum absolute atomic E-state index is 0.384. The fourth-order valence-corrected chi connectivity index (χ4v) is 2.35. The summed E-state index contributed by atoms with van der Waals surface area (Å²) in [6, 6.07) is 0. The Balaban J connectivity index is 1.92. The second kappa shape index (κ2) is 6.25. The van der Waals surface area contributed by atoms with Gasteiger partial charge in [-0.1, -0.05) is 13.8 Å². The molecule has 2 rings (SSSR count). The highest BCUT2D eigenvalue weighted by atomic mass is 16.5. The molecule has 1 aromatic rings. The molecule has 2 heterocycles. The number of methoxy groups -OCH3 is 1. The van der Waals surface area contributed by atoms with Gasteiger partial charge in [0.05, 0.1) is 6.10 Å². The normalized spacial score (nSPS) is 21.4. The Morgan fingerprint density at radius 2 is 2.11 bits per heavy atom. The summed E-state index contributed by atoms with van der Waals surface area (Å²) in [5, 5.41) is 0. The number of ether oxygens (including phenoxy) is 1. The topological polar surface area (TPSA) is 38.2 Å². The molecule has 0 amide bonds. The van der Waals surface area contributed by atoms with Crippen LogP contribution >= 0.6 is 0 Å². The third kappa shape index (κ3) is 3.50. The smallest absolute Gasteiger partial charge is 0.130 e. The lowest BCUT2D eigenvalue weighted by Gasteiger charge is -2.31. The van der Waals surface area contributed by atoms with Crippen molar-refractivity contribution in [2.24, 2.45) is 0 Å². The Hall–Kier alpha value is -1.00. The Kier molecular flexibility index (Phi) is 4.66. The summed E-state index contributed by atoms with van der Waals surface area (Å²) < 4.78 is 5.44. The van der Waals surface area contributed by atoms with Gasteiger partial charge in [0.25, 0.3) is 0 Å². The third-order valence-corrected chi connectivity index (χ3v) is 3.44. The average Bonchev–Trinajstić information content (AvgIpc) is 2.39. The van der Waals surface area contributed by atoms with Crippen LogP contribution in [0.15, 0.2) is 12.4 Å². The first-order chi connectivity index (χ1) is 8.69. The molecule has 0 unspecified atom stereocenters. The Morgan fingerprint density at radius 1 is 1.39 bits per heavy atom. The van der Waals surface area contributed by atoms with Crippen molar-refractivity contribution in [3.8, 4) is 0 Å². The van der Waals surface area contributed by atoms with E-state index in [0.29, 0.717) is 12.0 Å². The van der Waals surface area contributed by atoms with Crippen LogP contribution in [-0.4, -0.2) is 41.2 Å². The molecule has 18 heavy (non-hydrogen) atoms. The fraction of sp³-hybridized carbons (Fsp3) is 0.714. The number of hydrogen-bond acceptors (Lipinski definition) is 4. The average molecular weight is 249 g/mol. The van der Waals surface area contributed by atoms with Gasteiger partial charge in [-0.3, -0.25) is 4.90 Å². The van der Waals surface area contributed by atoms with Gasteiger partial charge >= 0.3 is 0 Å². The molecule has 0 saturated carbocycles. The summed E-state index contributed by atoms with van der Waals surface area (Å²) in [7, 11) is 1.80. The molecule has 100 valence electrons. The van der Waals surface area contributed by atoms with Crippen molar-refractivity contribution in [2.75, 3.05) is 20.2 Å². The van der Waals surface area contributed by atoms with E-state index in [1.807, 2.05) is 12.4 Å². The predicted octanol–water partition coefficient (Wildman–Crippen LogP) is 2.21. The Morgan fingerprint density at radius 3 is 2.72 bits per heavy atom. The van der Waals surface area contributed by atoms with Crippen LogP contribution in [-0.2, 0) is 11.3 Å². The first-order valence-electron chi connectivity index (χ1n) is 6.75. The van der Waals surface area contributed by atoms with E-state index in [-0.39, 0.29) is 0 Å². The van der Waals surface area contributed by atoms with E-state index in [2.05, 4.69) is 28.7 Å². The molecule has 4 heteroatoms. The van der Waals surface area contributed by atoms with Crippen molar-refractivity contribution in [1.29, 1.82) is 0 Å². The summed E-state index contributed by atoms with van der Waals surface area (Å²) in [6.45, 7) is 7.32. The maximum absolute atomic E-state index is 5.44. The molecular formula is C14H23N3O. The lowest BCUT2D eigenvalue weighted by molar-refractivity contribution is 0.0285. The zero-order valence-corrected chi connectivity index (χ0v) is 11.6. The number of rotatable bonds is 4. The number of piperidine rings is 1. The second-order valence-corrected chi connectivity index (χ2v) is 5.34. The Bertz CT molecular complexity index is 364. The van der Waals surface area contributed by atoms with E-state index in [1.54, 1.807) is 7.11 Å². The van der Waals surface area contributed by atoms with Gasteiger partial charge in [0, 0.05) is 44.1 Å². The predicted molar refractivity (Wildman–Crippen MR) is 71.4 cm³/mol. The molecule has 1 fully saturated rings. The second-order valence-electron chi connectivity index (χ2n) is 5.34. The molecule has 1 aliphatic heterocycles. The fourth-order valence-electron chi connectivity index (χ4n) is 2.35. The maximum atomic E-state index is 5.44. The minimum atomic E-state index is 0.384. The summed E-state index contributed by atoms with van der Waals surface area (Å²) in [4.78, 5) is 11.2. The van der Waals surface area contributed by atoms with Crippen molar-refractivity contribution in [3.63, 3.8) is 0 Å². The lowest BCUT2D eigenvalue weighted by Crippen LogP contribution is -2.38. The van der Waals surface area contributed by atoms with E-state index < -0.39 is 0 Å². The van der Waals surface area contributed by atoms with Crippen LogP contribution in [0.25, 0.3) is 0 Å². The first kappa shape index (κ1) is 13.4. The number of nitrogens with zero attached hydrogens (tertiary/aromatic N) is 3. The van der Waals surface area contributed by atoms with Crippen LogP contribution in [0.3, 0.4) is 0 Å². The summed E-state index contributed by atoms with van der Waals surface area (Å²) in [6.07, 6.45) is 6.69. The van der Waals surface area contributed by atoms with E-state index in [4.69, 9.17) is 4.74 Å². The van der Waals surface area contributed by atoms with Crippen LogP contribution < -0.4 is 0 Å². The van der Waals surface area contributed by atoms with Crippen molar-refractivity contribution < 1.29 is 4.74 Å². The molecule has 1 atom stereocenters. The van der Waals surface area contributed by atoms with Crippen molar-refractivity contribution in [2.45, 2.75) is 45.3 Å². The lowest BCUT2D eigenvalue weighted by atomic mass is 10.1. The molecule has 0 radical (unpaired) electrons. The maximum Gasteiger partial charge on any atom is 0.130 e. The van der Waals surface area contributed by atoms with E-state index in [0.717, 1.165) is 25.5 Å². The standard InChI is InChI=1S/C14H23N3O/c1-11(2)14-15-7-12(8-16-14)9-17-6-4-5-13(10-17)18-3/h7-8,11,13H,4-6,9-10H2,1-3H3/t13-/m0/s1. The van der Waals surface area contributed by atoms with E-state index in [9.17, 15) is 0 Å². The Labute approximate surface area is 109 Å². The molecule has 0 spiro atoms. The SMILES string of the molecule is CO[C@H]1CCCN(Cc2cnc(C(C)C)nc2)C1. The summed E-state index contributed by atoms with van der Waals surface area (Å²) in [5.41, 5.74) is 1.19. The highest BCUT2D eigenvalue weighted by Crippen LogP contribution is 2.15. The van der Waals surface area contributed by atoms with Gasteiger partial charge in [-0.25, -0.2) is 9.97 Å². The number of aromatic nitrogens is 2. The molecule has 1 aromatic heterocycles. The van der Waals surface area contributed by atoms with Gasteiger partial charge in [-0.15, -0.1) is 0 Å². The highest BCUT2D eigenvalue weighted by molar-refractivity contribution is 5.07. The van der Waals surface area contributed by atoms with Crippen LogP contribution in [0.4, 0.5) is 0 Å². The number of likely N-dealkylation sites (tertiary alicyclic amines) is 1. The summed E-state index contributed by atoms with van der Waals surface area (Å²) >= 11 is 0. The molecule has 1 aliphatic rings. The van der Waals surface area contributed by atoms with Gasteiger partial charge in [-0.2, -0.15) is 0 Å². The monoisotopic (exact) mass is 249 g/mol.